The Morgan fingerprint density at radius 2 is 0.794 bits per heavy atom. The molecule has 9 N–H and O–H groups in total. The van der Waals surface area contributed by atoms with Crippen molar-refractivity contribution in [2.75, 3.05) is 32.7 Å². The molecule has 136 heavy (non-hydrogen) atoms. The van der Waals surface area contributed by atoms with E-state index in [1.165, 1.54) is 35.6 Å². The first kappa shape index (κ1) is 97.3. The zero-order valence-electron chi connectivity index (χ0n) is 71.1. The van der Waals surface area contributed by atoms with Crippen LogP contribution in [0.15, 0.2) is 280 Å². The van der Waals surface area contributed by atoms with Crippen molar-refractivity contribution in [2.45, 2.75) is 12.8 Å². The summed E-state index contributed by atoms with van der Waals surface area (Å²) in [5.41, 5.74) is 22.2. The topological polar surface area (TPSA) is 411 Å². The number of nitrogens with two attached hydrogens (primary N) is 2. The standard InChI is InChI=1S/C26H21FN6OS2.C17H12FN5O2S.C17H14FN5S.C11H8ClN3S.C9H7NOS.C6H3F2NO2.C6H5FN2O2/c1-33-14-22(29-15-33)23-13-21-25(36-23)20(9-10-28-21)31-19-8-7-17(12-18(19)27)30-26(35)32-24(34)11-16-5-3-2-4-6-16;1-22-8-15(20-9-22)16-7-14-17(26-16)13(4-5-19-14)21-12-3-2-10(23(24)25)6-11(12)18;1-23-8-15(21-9-23)16-7-14-17(24-16)13(4-5-20-14)22-12-3-2-10(19)6-11(12)18;1-15-5-9(14-6-15)10-4-8-11(16-10)7(12)2-3-13-8;11-9(10-7-12)6-8-4-2-1-3-5-8;7-5-2-1-4(9(10)11)3-6(5)8;7-5-3-4(9(10)11)1-2-6(5)8/h2-10,12-15H,11H2,1H3,(H,28,31)(H2,30,32,34,35);2-9H,1H3,(H,19,21);2-9H,19H2,1H3,(H,20,22);2-6H,1H3;1-5H,6H2;1-3H;1-3H,8H2. The Balaban J connectivity index is 0.000000140. The molecule has 0 saturated carbocycles. The molecule has 686 valence electrons. The molecule has 0 bridgehead atoms. The number of benzene rings is 7. The summed E-state index contributed by atoms with van der Waals surface area (Å²) < 4.78 is 91.4. The Bertz CT molecular complexity index is 7600. The molecule has 0 saturated heterocycles. The predicted molar refractivity (Wildman–Crippen MR) is 528 cm³/mol. The minimum Gasteiger partial charge on any atom is -0.399 e. The van der Waals surface area contributed by atoms with Crippen molar-refractivity contribution in [3.05, 3.63) is 356 Å². The van der Waals surface area contributed by atoms with Crippen LogP contribution in [0, 0.1) is 65.2 Å². The molecule has 12 heterocycles. The molecule has 44 heteroatoms. The molecule has 0 aliphatic heterocycles. The Kier molecular flexibility index (Phi) is 32.3. The van der Waals surface area contributed by atoms with Gasteiger partial charge in [0.05, 0.1) is 204 Å². The second-order valence-corrected chi connectivity index (χ2v) is 34.0. The van der Waals surface area contributed by atoms with Crippen molar-refractivity contribution in [1.29, 1.82) is 0 Å². The summed E-state index contributed by atoms with van der Waals surface area (Å²) >= 11 is 21.9. The second kappa shape index (κ2) is 45.2. The lowest BCUT2D eigenvalue weighted by Gasteiger charge is -2.12. The third-order valence-electron chi connectivity index (χ3n) is 18.8. The molecular formula is C92H70ClF6N23O8S6. The number of thiophene rings is 4. The van der Waals surface area contributed by atoms with E-state index in [9.17, 15) is 66.3 Å². The van der Waals surface area contributed by atoms with Crippen LogP contribution in [0.4, 0.5) is 94.6 Å². The highest BCUT2D eigenvalue weighted by molar-refractivity contribution is 7.80. The van der Waals surface area contributed by atoms with Gasteiger partial charge >= 0.3 is 0 Å². The number of aryl methyl sites for hydroxylation is 4. The van der Waals surface area contributed by atoms with Gasteiger partial charge in [-0.25, -0.2) is 46.3 Å². The van der Waals surface area contributed by atoms with Gasteiger partial charge in [0.1, 0.15) is 11.6 Å². The van der Waals surface area contributed by atoms with Gasteiger partial charge in [-0.15, -0.1) is 45.3 Å². The fourth-order valence-electron chi connectivity index (χ4n) is 12.4. The number of nitrogens with one attached hydrogen (secondary N) is 5. The fraction of sp³-hybridized carbons (Fsp3) is 0.0652. The first-order valence-corrected chi connectivity index (χ1v) is 44.1. The number of isothiocyanates is 1. The number of nitro benzene ring substituents is 3. The Morgan fingerprint density at radius 3 is 1.18 bits per heavy atom. The maximum Gasteiger partial charge on any atom is 0.272 e. The van der Waals surface area contributed by atoms with E-state index in [1.54, 1.807) is 114 Å². The summed E-state index contributed by atoms with van der Waals surface area (Å²) in [7, 11) is 7.70. The van der Waals surface area contributed by atoms with Gasteiger partial charge in [-0.3, -0.25) is 59.9 Å². The molecule has 0 unspecified atom stereocenters. The third-order valence-corrected chi connectivity index (χ3v) is 24.2. The molecule has 0 aliphatic rings. The van der Waals surface area contributed by atoms with Crippen LogP contribution in [0.2, 0.25) is 5.02 Å². The van der Waals surface area contributed by atoms with E-state index >= 15 is 0 Å². The van der Waals surface area contributed by atoms with Crippen LogP contribution < -0.4 is 38.1 Å². The van der Waals surface area contributed by atoms with Crippen LogP contribution in [0.5, 0.6) is 0 Å². The lowest BCUT2D eigenvalue weighted by Crippen LogP contribution is -2.35. The van der Waals surface area contributed by atoms with Gasteiger partial charge in [0, 0.05) is 107 Å². The quantitative estimate of drug-likeness (QED) is 0.0105. The first-order chi connectivity index (χ1) is 65.3. The predicted octanol–water partition coefficient (Wildman–Crippen LogP) is 22.7. The highest BCUT2D eigenvalue weighted by atomic mass is 35.5. The largest absolute Gasteiger partial charge is 0.399 e. The summed E-state index contributed by atoms with van der Waals surface area (Å²) in [5, 5.41) is 48.5. The molecule has 0 spiro atoms. The Morgan fingerprint density at radius 1 is 0.426 bits per heavy atom. The molecule has 2 amide bonds. The number of hydrogen-bond donors (Lipinski definition) is 7. The van der Waals surface area contributed by atoms with Crippen LogP contribution in [0.1, 0.15) is 11.1 Å². The zero-order chi connectivity index (χ0) is 96.8. The summed E-state index contributed by atoms with van der Waals surface area (Å²) in [4.78, 5) is 94.1. The number of aliphatic imine (C=N–C) groups is 1. The van der Waals surface area contributed by atoms with Crippen molar-refractivity contribution < 1.29 is 50.7 Å². The summed E-state index contributed by atoms with van der Waals surface area (Å²) in [5.74, 6) is -5.11. The molecule has 0 radical (unpaired) electrons. The lowest BCUT2D eigenvalue weighted by molar-refractivity contribution is -0.385. The summed E-state index contributed by atoms with van der Waals surface area (Å²) in [6, 6.07) is 51.8. The number of nitro groups is 3. The number of thiocarbonyl (C=S) groups is 2. The Hall–Kier alpha value is -16.3. The van der Waals surface area contributed by atoms with Gasteiger partial charge in [0.25, 0.3) is 23.0 Å². The van der Waals surface area contributed by atoms with E-state index in [-0.39, 0.29) is 51.9 Å². The molecule has 19 rings (SSSR count). The molecule has 0 atom stereocenters. The number of anilines is 9. The monoisotopic (exact) mass is 1970 g/mol. The van der Waals surface area contributed by atoms with Crippen LogP contribution in [0.3, 0.4) is 0 Å². The molecular weight excluding hydrogens is 1900 g/mol. The van der Waals surface area contributed by atoms with Crippen LogP contribution in [-0.2, 0) is 50.6 Å². The number of fused-ring (bicyclic) bond motifs is 4. The molecule has 7 aromatic carbocycles. The van der Waals surface area contributed by atoms with Crippen LogP contribution in [0.25, 0.3) is 83.2 Å². The third kappa shape index (κ3) is 26.1. The molecule has 19 aromatic rings. The van der Waals surface area contributed by atoms with E-state index in [0.717, 1.165) is 141 Å². The summed E-state index contributed by atoms with van der Waals surface area (Å²) in [6.07, 6.45) is 22.0. The van der Waals surface area contributed by atoms with E-state index < -0.39 is 49.5 Å². The van der Waals surface area contributed by atoms with Crippen molar-refractivity contribution in [1.82, 2.24) is 63.5 Å². The van der Waals surface area contributed by atoms with Crippen molar-refractivity contribution in [3.63, 3.8) is 0 Å². The number of hydrogen-bond acceptors (Lipinski definition) is 27. The SMILES string of the molecule is Cn1cnc(-c2cc3nccc(Cl)c3s2)c1.Cn1cnc(-c2cc3nccc(Nc4ccc(N)cc4F)c3s2)c1.Cn1cnc(-c2cc3nccc(Nc4ccc(NC(=S)NC(=O)Cc5ccccc5)cc4F)c3s2)c1.Cn1cnc(-c2cc3nccc(Nc4ccc([N+](=O)[O-])cc4F)c3s2)c1.Nc1ccc([N+](=O)[O-])cc1F.O=C(Cc1ccccc1)N=C=S.O=[N+]([O-])c1ccc(F)c(F)c1. The zero-order valence-corrected chi connectivity index (χ0v) is 76.7. The summed E-state index contributed by atoms with van der Waals surface area (Å²) in [6.45, 7) is 0. The second-order valence-electron chi connectivity index (χ2n) is 28.8. The highest BCUT2D eigenvalue weighted by Crippen LogP contribution is 2.42. The lowest BCUT2D eigenvalue weighted by atomic mass is 10.1. The van der Waals surface area contributed by atoms with Gasteiger partial charge < -0.3 is 56.3 Å². The molecule has 0 aliphatic carbocycles. The minimum atomic E-state index is -1.21. The number of nitrogens with zero attached hydrogens (tertiary/aromatic N) is 16. The van der Waals surface area contributed by atoms with Gasteiger partial charge in [0.2, 0.25) is 5.91 Å². The number of aromatic nitrogens is 12. The minimum absolute atomic E-state index is 0.0874. The Labute approximate surface area is 798 Å². The maximum absolute atomic E-state index is 15.0. The van der Waals surface area contributed by atoms with E-state index in [0.29, 0.717) is 47.0 Å². The number of carbonyl (C=O) groups excluding carboxylic acids is 2. The van der Waals surface area contributed by atoms with Crippen LogP contribution in [-0.4, -0.2) is 95.0 Å². The van der Waals surface area contributed by atoms with Gasteiger partial charge in [-0.2, -0.15) is 4.99 Å². The maximum atomic E-state index is 15.0. The first-order valence-electron chi connectivity index (χ1n) is 39.6. The van der Waals surface area contributed by atoms with Crippen LogP contribution >= 0.6 is 81.4 Å². The number of amides is 2. The number of carbonyl (C=O) groups is 2. The number of non-ortho nitro benzene ring substituents is 3. The van der Waals surface area contributed by atoms with Crippen molar-refractivity contribution >= 4 is 213 Å². The van der Waals surface area contributed by atoms with Gasteiger partial charge in [0.15, 0.2) is 28.4 Å². The average Bonchev–Trinajstić information content (AvgIpc) is 1.65. The van der Waals surface area contributed by atoms with E-state index in [2.05, 4.69) is 83.7 Å². The molecule has 0 fully saturated rings. The van der Waals surface area contributed by atoms with E-state index in [4.69, 9.17) is 35.3 Å². The fourth-order valence-corrected chi connectivity index (χ4v) is 17.1. The molecule has 12 aromatic heterocycles. The van der Waals surface area contributed by atoms with Crippen molar-refractivity contribution in [2.24, 2.45) is 33.2 Å². The number of rotatable bonds is 18. The number of halogens is 7. The smallest absolute Gasteiger partial charge is 0.272 e. The number of pyridine rings is 4. The van der Waals surface area contributed by atoms with Gasteiger partial charge in [-0.05, 0) is 139 Å². The average molecular weight is 1970 g/mol. The normalized spacial score (nSPS) is 10.6. The number of nitrogen functional groups attached to an aromatic ring is 2. The molecule has 31 nitrogen and oxygen atoms in total. The van der Waals surface area contributed by atoms with Gasteiger partial charge in [-0.1, -0.05) is 72.3 Å². The van der Waals surface area contributed by atoms with E-state index in [1.807, 2.05) is 180 Å². The number of imidazole rings is 4. The highest BCUT2D eigenvalue weighted by Gasteiger charge is 2.21. The van der Waals surface area contributed by atoms with Crippen molar-refractivity contribution in [3.8, 4) is 42.3 Å².